The van der Waals surface area contributed by atoms with Crippen molar-refractivity contribution in [1.82, 2.24) is 4.98 Å². The summed E-state index contributed by atoms with van der Waals surface area (Å²) in [5.41, 5.74) is 10.3. The molecule has 0 amide bonds. The zero-order valence-electron chi connectivity index (χ0n) is 7.17. The van der Waals surface area contributed by atoms with Gasteiger partial charge >= 0.3 is 0 Å². The number of pyridine rings is 1. The second-order valence-electron chi connectivity index (χ2n) is 2.63. The van der Waals surface area contributed by atoms with E-state index in [0.717, 1.165) is 0 Å². The van der Waals surface area contributed by atoms with E-state index in [1.54, 1.807) is 6.07 Å². The van der Waals surface area contributed by atoms with E-state index in [9.17, 15) is 8.78 Å². The van der Waals surface area contributed by atoms with Crippen molar-refractivity contribution in [1.29, 1.82) is 5.26 Å². The summed E-state index contributed by atoms with van der Waals surface area (Å²) in [5, 5.41) is 8.38. The predicted molar refractivity (Wildman–Crippen MR) is 47.3 cm³/mol. The third kappa shape index (κ3) is 1.88. The normalized spacial score (nSPS) is 10.1. The highest BCUT2D eigenvalue weighted by atomic mass is 19.3. The van der Waals surface area contributed by atoms with Crippen LogP contribution in [0.1, 0.15) is 17.8 Å². The summed E-state index contributed by atoms with van der Waals surface area (Å²) < 4.78 is 24.6. The van der Waals surface area contributed by atoms with Crippen molar-refractivity contribution >= 4 is 11.4 Å². The number of rotatable bonds is 2. The van der Waals surface area contributed by atoms with Crippen LogP contribution < -0.4 is 11.5 Å². The number of halogens is 2. The molecule has 1 aromatic rings. The van der Waals surface area contributed by atoms with Crippen molar-refractivity contribution in [2.75, 3.05) is 11.5 Å². The molecule has 0 radical (unpaired) electrons. The van der Waals surface area contributed by atoms with Crippen LogP contribution in [0.2, 0.25) is 0 Å². The maximum Gasteiger partial charge on any atom is 0.282 e. The molecule has 0 saturated carbocycles. The number of aromatic nitrogens is 1. The quantitative estimate of drug-likeness (QED) is 0.748. The molecular formula is C8H8F2N4. The molecule has 1 rings (SSSR count). The van der Waals surface area contributed by atoms with Crippen molar-refractivity contribution in [2.24, 2.45) is 0 Å². The van der Waals surface area contributed by atoms with Crippen molar-refractivity contribution in [3.8, 4) is 6.07 Å². The number of nitriles is 1. The molecule has 1 heterocycles. The van der Waals surface area contributed by atoms with Crippen LogP contribution in [-0.2, 0) is 6.42 Å². The van der Waals surface area contributed by atoms with Crippen LogP contribution in [-0.4, -0.2) is 4.98 Å². The van der Waals surface area contributed by atoms with Crippen LogP contribution in [0.5, 0.6) is 0 Å². The van der Waals surface area contributed by atoms with Gasteiger partial charge in [-0.3, -0.25) is 0 Å². The highest BCUT2D eigenvalue weighted by Crippen LogP contribution is 2.26. The highest BCUT2D eigenvalue weighted by Gasteiger charge is 2.15. The molecule has 0 unspecified atom stereocenters. The summed E-state index contributed by atoms with van der Waals surface area (Å²) in [4.78, 5) is 3.54. The average Bonchev–Trinajstić information content (AvgIpc) is 2.09. The fourth-order valence-corrected chi connectivity index (χ4v) is 0.991. The Hall–Kier alpha value is -1.90. The third-order valence-corrected chi connectivity index (χ3v) is 1.65. The molecule has 1 aromatic heterocycles. The van der Waals surface area contributed by atoms with E-state index in [1.165, 1.54) is 6.07 Å². The molecule has 0 saturated heterocycles. The van der Waals surface area contributed by atoms with E-state index < -0.39 is 12.1 Å². The number of nitrogen functional groups attached to an aromatic ring is 2. The largest absolute Gasteiger partial charge is 0.397 e. The van der Waals surface area contributed by atoms with E-state index in [-0.39, 0.29) is 23.5 Å². The van der Waals surface area contributed by atoms with Crippen molar-refractivity contribution < 1.29 is 8.78 Å². The zero-order chi connectivity index (χ0) is 10.7. The molecule has 0 aliphatic rings. The van der Waals surface area contributed by atoms with Crippen LogP contribution in [0.4, 0.5) is 20.2 Å². The van der Waals surface area contributed by atoms with Gasteiger partial charge in [-0.15, -0.1) is 0 Å². The van der Waals surface area contributed by atoms with Crippen LogP contribution in [0, 0.1) is 11.3 Å². The first-order valence-electron chi connectivity index (χ1n) is 3.76. The Morgan fingerprint density at radius 2 is 2.07 bits per heavy atom. The molecule has 0 fully saturated rings. The molecule has 14 heavy (non-hydrogen) atoms. The smallest absolute Gasteiger partial charge is 0.282 e. The fraction of sp³-hybridized carbons (Fsp3) is 0.250. The Balaban J connectivity index is 3.21. The molecule has 0 bridgehead atoms. The Morgan fingerprint density at radius 3 is 2.57 bits per heavy atom. The monoisotopic (exact) mass is 198 g/mol. The lowest BCUT2D eigenvalue weighted by molar-refractivity contribution is 0.147. The molecule has 4 nitrogen and oxygen atoms in total. The Kier molecular flexibility index (Phi) is 2.82. The maximum absolute atomic E-state index is 12.3. The van der Waals surface area contributed by atoms with E-state index in [4.69, 9.17) is 16.7 Å². The minimum absolute atomic E-state index is 0.105. The third-order valence-electron chi connectivity index (χ3n) is 1.65. The first-order valence-corrected chi connectivity index (χ1v) is 3.76. The van der Waals surface area contributed by atoms with Gasteiger partial charge in [0.05, 0.1) is 29.6 Å². The van der Waals surface area contributed by atoms with Gasteiger partial charge in [0, 0.05) is 0 Å². The SMILES string of the molecule is N#CCc1nc(C(F)F)c(N)cc1N. The Morgan fingerprint density at radius 1 is 1.43 bits per heavy atom. The average molecular weight is 198 g/mol. The summed E-state index contributed by atoms with van der Waals surface area (Å²) in [6.07, 6.45) is -2.86. The number of hydrogen-bond donors (Lipinski definition) is 2. The Bertz CT molecular complexity index is 384. The molecule has 4 N–H and O–H groups in total. The van der Waals surface area contributed by atoms with Gasteiger partial charge in [-0.05, 0) is 6.07 Å². The van der Waals surface area contributed by atoms with Gasteiger partial charge in [0.25, 0.3) is 6.43 Å². The van der Waals surface area contributed by atoms with E-state index in [2.05, 4.69) is 4.98 Å². The summed E-state index contributed by atoms with van der Waals surface area (Å²) in [6.45, 7) is 0. The molecule has 6 heteroatoms. The topological polar surface area (TPSA) is 88.7 Å². The van der Waals surface area contributed by atoms with Gasteiger partial charge < -0.3 is 11.5 Å². The maximum atomic E-state index is 12.3. The van der Waals surface area contributed by atoms with E-state index >= 15 is 0 Å². The van der Waals surface area contributed by atoms with Gasteiger partial charge in [-0.1, -0.05) is 0 Å². The van der Waals surface area contributed by atoms with Gasteiger partial charge in [-0.25, -0.2) is 13.8 Å². The molecule has 0 aromatic carbocycles. The van der Waals surface area contributed by atoms with Crippen molar-refractivity contribution in [3.05, 3.63) is 17.5 Å². The van der Waals surface area contributed by atoms with Crippen molar-refractivity contribution in [3.63, 3.8) is 0 Å². The lowest BCUT2D eigenvalue weighted by Gasteiger charge is -2.07. The van der Waals surface area contributed by atoms with Gasteiger partial charge in [0.15, 0.2) is 0 Å². The summed E-state index contributed by atoms with van der Waals surface area (Å²) in [5.74, 6) is 0. The Labute approximate surface area is 79.1 Å². The predicted octanol–water partition coefficient (Wildman–Crippen LogP) is 1.25. The molecule has 0 atom stereocenters. The molecule has 0 aliphatic carbocycles. The zero-order valence-corrected chi connectivity index (χ0v) is 7.17. The lowest BCUT2D eigenvalue weighted by atomic mass is 10.2. The summed E-state index contributed by atoms with van der Waals surface area (Å²) in [7, 11) is 0. The summed E-state index contributed by atoms with van der Waals surface area (Å²) in [6, 6.07) is 2.98. The number of nitrogens with zero attached hydrogens (tertiary/aromatic N) is 2. The first kappa shape index (κ1) is 10.2. The second kappa shape index (κ2) is 3.87. The van der Waals surface area contributed by atoms with Crippen LogP contribution in [0.3, 0.4) is 0 Å². The molecule has 0 spiro atoms. The molecule has 0 aliphatic heterocycles. The minimum atomic E-state index is -2.76. The van der Waals surface area contributed by atoms with E-state index in [0.29, 0.717) is 0 Å². The van der Waals surface area contributed by atoms with Gasteiger partial charge in [0.1, 0.15) is 5.69 Å². The molecular weight excluding hydrogens is 190 g/mol. The second-order valence-corrected chi connectivity index (χ2v) is 2.63. The van der Waals surface area contributed by atoms with Gasteiger partial charge in [0.2, 0.25) is 0 Å². The number of nitrogens with two attached hydrogens (primary N) is 2. The van der Waals surface area contributed by atoms with Crippen molar-refractivity contribution in [2.45, 2.75) is 12.8 Å². The fourth-order valence-electron chi connectivity index (χ4n) is 0.991. The van der Waals surface area contributed by atoms with Crippen LogP contribution in [0.25, 0.3) is 0 Å². The molecule has 74 valence electrons. The number of hydrogen-bond acceptors (Lipinski definition) is 4. The van der Waals surface area contributed by atoms with E-state index in [1.807, 2.05) is 0 Å². The first-order chi connectivity index (χ1) is 6.56. The minimum Gasteiger partial charge on any atom is -0.397 e. The van der Waals surface area contributed by atoms with Crippen LogP contribution in [0.15, 0.2) is 6.07 Å². The highest BCUT2D eigenvalue weighted by molar-refractivity contribution is 5.57. The summed E-state index contributed by atoms with van der Waals surface area (Å²) >= 11 is 0. The number of anilines is 2. The van der Waals surface area contributed by atoms with Gasteiger partial charge in [-0.2, -0.15) is 5.26 Å². The number of alkyl halides is 2. The standard InChI is InChI=1S/C8H8F2N4/c9-8(10)7-5(13)3-4(12)6(14-7)1-2-11/h3,8H,1,12-13H2. The van der Waals surface area contributed by atoms with Crippen LogP contribution >= 0.6 is 0 Å². The lowest BCUT2D eigenvalue weighted by Crippen LogP contribution is -2.05.